The average molecular weight is 351 g/mol. The third-order valence-corrected chi connectivity index (χ3v) is 3.64. The number of carbonyl (C=O) groups is 2. The molecular formula is C17H19ClN2O4. The van der Waals surface area contributed by atoms with Gasteiger partial charge in [0.1, 0.15) is 11.5 Å². The zero-order chi connectivity index (χ0) is 17.5. The molecule has 0 aliphatic heterocycles. The number of nitrogens with zero attached hydrogens (tertiary/aromatic N) is 1. The fraction of sp³-hybridized carbons (Fsp3) is 0.294. The molecule has 0 bridgehead atoms. The Morgan fingerprint density at radius 2 is 2.12 bits per heavy atom. The molecule has 1 heterocycles. The molecule has 0 unspecified atom stereocenters. The SMILES string of the molecule is COc1ccc(Cl)cc1NC(=O)CN(C)C(=O)CCc1ccco1. The quantitative estimate of drug-likeness (QED) is 0.833. The van der Waals surface area contributed by atoms with Gasteiger partial charge in [-0.1, -0.05) is 11.6 Å². The van der Waals surface area contributed by atoms with Crippen LogP contribution in [0.1, 0.15) is 12.2 Å². The normalized spacial score (nSPS) is 10.3. The second kappa shape index (κ2) is 8.40. The van der Waals surface area contributed by atoms with Gasteiger partial charge in [0.15, 0.2) is 0 Å². The van der Waals surface area contributed by atoms with Gasteiger partial charge in [0.05, 0.1) is 25.6 Å². The van der Waals surface area contributed by atoms with Crippen molar-refractivity contribution >= 4 is 29.1 Å². The molecule has 128 valence electrons. The van der Waals surface area contributed by atoms with E-state index in [4.69, 9.17) is 20.8 Å². The smallest absolute Gasteiger partial charge is 0.244 e. The van der Waals surface area contributed by atoms with Crippen LogP contribution >= 0.6 is 11.6 Å². The molecule has 0 aliphatic rings. The molecule has 7 heteroatoms. The predicted molar refractivity (Wildman–Crippen MR) is 91.3 cm³/mol. The molecule has 24 heavy (non-hydrogen) atoms. The Kier molecular flexibility index (Phi) is 6.26. The zero-order valence-corrected chi connectivity index (χ0v) is 14.3. The van der Waals surface area contributed by atoms with E-state index in [1.807, 2.05) is 6.07 Å². The van der Waals surface area contributed by atoms with Crippen LogP contribution in [0.2, 0.25) is 5.02 Å². The summed E-state index contributed by atoms with van der Waals surface area (Å²) < 4.78 is 10.4. The molecule has 0 atom stereocenters. The number of ether oxygens (including phenoxy) is 1. The van der Waals surface area contributed by atoms with E-state index in [-0.39, 0.29) is 24.8 Å². The third kappa shape index (κ3) is 5.03. The van der Waals surface area contributed by atoms with Gasteiger partial charge in [-0.05, 0) is 30.3 Å². The first kappa shape index (κ1) is 17.9. The van der Waals surface area contributed by atoms with E-state index in [1.54, 1.807) is 37.6 Å². The highest BCUT2D eigenvalue weighted by Gasteiger charge is 2.15. The molecule has 1 aromatic heterocycles. The minimum atomic E-state index is -0.329. The topological polar surface area (TPSA) is 71.8 Å². The van der Waals surface area contributed by atoms with Gasteiger partial charge < -0.3 is 19.4 Å². The number of furan rings is 1. The van der Waals surface area contributed by atoms with E-state index >= 15 is 0 Å². The maximum atomic E-state index is 12.1. The van der Waals surface area contributed by atoms with Crippen molar-refractivity contribution in [3.05, 3.63) is 47.4 Å². The van der Waals surface area contributed by atoms with Crippen molar-refractivity contribution in [2.45, 2.75) is 12.8 Å². The lowest BCUT2D eigenvalue weighted by Gasteiger charge is -2.17. The first-order chi connectivity index (χ1) is 11.5. The zero-order valence-electron chi connectivity index (χ0n) is 13.5. The van der Waals surface area contributed by atoms with Crippen LogP contribution in [0.4, 0.5) is 5.69 Å². The fourth-order valence-electron chi connectivity index (χ4n) is 2.15. The number of halogens is 1. The number of likely N-dealkylation sites (N-methyl/N-ethyl adjacent to an activating group) is 1. The average Bonchev–Trinajstić information content (AvgIpc) is 3.06. The van der Waals surface area contributed by atoms with Crippen molar-refractivity contribution in [1.29, 1.82) is 0 Å². The first-order valence-electron chi connectivity index (χ1n) is 7.39. The molecule has 2 aromatic rings. The lowest BCUT2D eigenvalue weighted by atomic mass is 10.2. The second-order valence-corrected chi connectivity index (χ2v) is 5.66. The number of hydrogen-bond donors (Lipinski definition) is 1. The molecule has 0 saturated heterocycles. The Hall–Kier alpha value is -2.47. The number of amides is 2. The van der Waals surface area contributed by atoms with Crippen LogP contribution in [-0.4, -0.2) is 37.4 Å². The molecule has 0 fully saturated rings. The lowest BCUT2D eigenvalue weighted by Crippen LogP contribution is -2.35. The van der Waals surface area contributed by atoms with Crippen molar-refractivity contribution in [1.82, 2.24) is 4.90 Å². The van der Waals surface area contributed by atoms with Crippen molar-refractivity contribution < 1.29 is 18.7 Å². The number of carbonyl (C=O) groups excluding carboxylic acids is 2. The molecule has 2 amide bonds. The number of hydrogen-bond acceptors (Lipinski definition) is 4. The van der Waals surface area contributed by atoms with Crippen LogP contribution in [-0.2, 0) is 16.0 Å². The number of anilines is 1. The molecule has 0 radical (unpaired) electrons. The van der Waals surface area contributed by atoms with Gasteiger partial charge in [0.25, 0.3) is 0 Å². The van der Waals surface area contributed by atoms with Crippen molar-refractivity contribution in [3.63, 3.8) is 0 Å². The molecule has 0 aliphatic carbocycles. The summed E-state index contributed by atoms with van der Waals surface area (Å²) in [4.78, 5) is 25.5. The van der Waals surface area contributed by atoms with Crippen LogP contribution < -0.4 is 10.1 Å². The molecular weight excluding hydrogens is 332 g/mol. The summed E-state index contributed by atoms with van der Waals surface area (Å²) in [5.74, 6) is 0.772. The molecule has 1 N–H and O–H groups in total. The summed E-state index contributed by atoms with van der Waals surface area (Å²) in [5, 5.41) is 3.18. The van der Waals surface area contributed by atoms with Gasteiger partial charge >= 0.3 is 0 Å². The van der Waals surface area contributed by atoms with Crippen molar-refractivity contribution in [2.24, 2.45) is 0 Å². The summed E-state index contributed by atoms with van der Waals surface area (Å²) in [6.45, 7) is -0.0628. The summed E-state index contributed by atoms with van der Waals surface area (Å²) in [5.41, 5.74) is 0.464. The van der Waals surface area contributed by atoms with Gasteiger partial charge in [0.2, 0.25) is 11.8 Å². The first-order valence-corrected chi connectivity index (χ1v) is 7.77. The number of methoxy groups -OCH3 is 1. The molecule has 2 rings (SSSR count). The number of rotatable bonds is 7. The van der Waals surface area contributed by atoms with Crippen LogP contribution in [0.15, 0.2) is 41.0 Å². The summed E-state index contributed by atoms with van der Waals surface area (Å²) in [7, 11) is 3.09. The van der Waals surface area contributed by atoms with Gasteiger partial charge in [-0.15, -0.1) is 0 Å². The molecule has 0 spiro atoms. The van der Waals surface area contributed by atoms with Crippen LogP contribution in [0.5, 0.6) is 5.75 Å². The Labute approximate surface area is 145 Å². The van der Waals surface area contributed by atoms with Crippen molar-refractivity contribution in [3.8, 4) is 5.75 Å². The summed E-state index contributed by atoms with van der Waals surface area (Å²) >= 11 is 5.92. The van der Waals surface area contributed by atoms with E-state index in [9.17, 15) is 9.59 Å². The van der Waals surface area contributed by atoms with Gasteiger partial charge in [-0.25, -0.2) is 0 Å². The van der Waals surface area contributed by atoms with E-state index < -0.39 is 0 Å². The fourth-order valence-corrected chi connectivity index (χ4v) is 2.32. The highest BCUT2D eigenvalue weighted by Crippen LogP contribution is 2.27. The van der Waals surface area contributed by atoms with Gasteiger partial charge in [-0.2, -0.15) is 0 Å². The van der Waals surface area contributed by atoms with E-state index in [1.165, 1.54) is 12.0 Å². The maximum Gasteiger partial charge on any atom is 0.244 e. The standard InChI is InChI=1S/C17H19ClN2O4/c1-20(17(22)8-6-13-4-3-9-24-13)11-16(21)19-14-10-12(18)5-7-15(14)23-2/h3-5,7,9-10H,6,8,11H2,1-2H3,(H,19,21). The molecule has 6 nitrogen and oxygen atoms in total. The number of nitrogens with one attached hydrogen (secondary N) is 1. The Morgan fingerprint density at radius 1 is 1.33 bits per heavy atom. The maximum absolute atomic E-state index is 12.1. The van der Waals surface area contributed by atoms with Gasteiger partial charge in [-0.3, -0.25) is 9.59 Å². The lowest BCUT2D eigenvalue weighted by molar-refractivity contribution is -0.133. The van der Waals surface area contributed by atoms with Crippen LogP contribution in [0.25, 0.3) is 0 Å². The third-order valence-electron chi connectivity index (χ3n) is 3.41. The minimum absolute atomic E-state index is 0.0628. The Morgan fingerprint density at radius 3 is 2.79 bits per heavy atom. The minimum Gasteiger partial charge on any atom is -0.495 e. The summed E-state index contributed by atoms with van der Waals surface area (Å²) in [6.07, 6.45) is 2.34. The Bertz CT molecular complexity index is 701. The van der Waals surface area contributed by atoms with Crippen molar-refractivity contribution in [2.75, 3.05) is 26.0 Å². The molecule has 0 saturated carbocycles. The largest absolute Gasteiger partial charge is 0.495 e. The van der Waals surface area contributed by atoms with Crippen LogP contribution in [0.3, 0.4) is 0 Å². The van der Waals surface area contributed by atoms with E-state index in [2.05, 4.69) is 5.32 Å². The van der Waals surface area contributed by atoms with E-state index in [0.717, 1.165) is 5.76 Å². The highest BCUT2D eigenvalue weighted by atomic mass is 35.5. The van der Waals surface area contributed by atoms with Gasteiger partial charge in [0, 0.05) is 24.9 Å². The predicted octanol–water partition coefficient (Wildman–Crippen LogP) is 2.97. The van der Waals surface area contributed by atoms with Crippen LogP contribution in [0, 0.1) is 0 Å². The second-order valence-electron chi connectivity index (χ2n) is 5.22. The molecule has 1 aromatic carbocycles. The number of benzene rings is 1. The number of aryl methyl sites for hydroxylation is 1. The Balaban J connectivity index is 1.87. The monoisotopic (exact) mass is 350 g/mol. The summed E-state index contributed by atoms with van der Waals surface area (Å²) in [6, 6.07) is 8.51. The highest BCUT2D eigenvalue weighted by molar-refractivity contribution is 6.31. The van der Waals surface area contributed by atoms with E-state index in [0.29, 0.717) is 22.9 Å².